The molecular weight excluding hydrogens is 234 g/mol. The van der Waals surface area contributed by atoms with E-state index in [4.69, 9.17) is 10.5 Å². The Bertz CT molecular complexity index is 418. The molecule has 100 valence electrons. The molecular formula is C13H19NO4. The Morgan fingerprint density at radius 2 is 2.06 bits per heavy atom. The number of benzene rings is 1. The van der Waals surface area contributed by atoms with E-state index in [1.54, 1.807) is 6.07 Å². The molecule has 0 bridgehead atoms. The van der Waals surface area contributed by atoms with Gasteiger partial charge < -0.3 is 20.3 Å². The minimum absolute atomic E-state index is 0.0715. The number of phenolic OH excluding ortho intramolecular Hbond substituents is 1. The van der Waals surface area contributed by atoms with Gasteiger partial charge in [-0.15, -0.1) is 0 Å². The van der Waals surface area contributed by atoms with Crippen molar-refractivity contribution in [2.45, 2.75) is 19.3 Å². The monoisotopic (exact) mass is 253 g/mol. The highest BCUT2D eigenvalue weighted by Gasteiger charge is 2.14. The van der Waals surface area contributed by atoms with Gasteiger partial charge in [-0.3, -0.25) is 0 Å². The second-order valence-corrected chi connectivity index (χ2v) is 3.92. The Morgan fingerprint density at radius 3 is 2.61 bits per heavy atom. The van der Waals surface area contributed by atoms with Crippen molar-refractivity contribution in [2.24, 2.45) is 5.73 Å². The van der Waals surface area contributed by atoms with Crippen molar-refractivity contribution in [2.75, 3.05) is 20.8 Å². The van der Waals surface area contributed by atoms with E-state index in [1.807, 2.05) is 0 Å². The highest BCUT2D eigenvalue weighted by atomic mass is 16.5. The molecule has 1 aromatic carbocycles. The molecule has 0 saturated heterocycles. The third kappa shape index (κ3) is 3.37. The van der Waals surface area contributed by atoms with Crippen LogP contribution in [0.5, 0.6) is 11.5 Å². The van der Waals surface area contributed by atoms with E-state index in [2.05, 4.69) is 4.74 Å². The molecule has 3 N–H and O–H groups in total. The van der Waals surface area contributed by atoms with Crippen molar-refractivity contribution in [3.8, 4) is 11.5 Å². The lowest BCUT2D eigenvalue weighted by molar-refractivity contribution is 0.0600. The lowest BCUT2D eigenvalue weighted by atomic mass is 10.0. The van der Waals surface area contributed by atoms with E-state index in [0.717, 1.165) is 12.8 Å². The number of aryl methyl sites for hydroxylation is 1. The zero-order valence-electron chi connectivity index (χ0n) is 10.7. The molecule has 1 aromatic rings. The zero-order valence-corrected chi connectivity index (χ0v) is 10.7. The van der Waals surface area contributed by atoms with Crippen LogP contribution in [-0.4, -0.2) is 31.8 Å². The van der Waals surface area contributed by atoms with Gasteiger partial charge in [-0.2, -0.15) is 0 Å². The fourth-order valence-electron chi connectivity index (χ4n) is 1.71. The molecule has 0 unspecified atom stereocenters. The maximum atomic E-state index is 11.5. The Labute approximate surface area is 107 Å². The first-order chi connectivity index (χ1) is 8.63. The van der Waals surface area contributed by atoms with Crippen LogP contribution >= 0.6 is 0 Å². The van der Waals surface area contributed by atoms with Crippen LogP contribution in [-0.2, 0) is 11.2 Å². The van der Waals surface area contributed by atoms with Crippen LogP contribution in [0.15, 0.2) is 12.1 Å². The Hall–Kier alpha value is -1.75. The highest BCUT2D eigenvalue weighted by Crippen LogP contribution is 2.32. The number of hydrogen-bond donors (Lipinski definition) is 2. The van der Waals surface area contributed by atoms with Crippen LogP contribution < -0.4 is 10.5 Å². The first-order valence-electron chi connectivity index (χ1n) is 5.82. The Morgan fingerprint density at radius 1 is 1.33 bits per heavy atom. The van der Waals surface area contributed by atoms with Crippen LogP contribution in [0.1, 0.15) is 28.8 Å². The van der Waals surface area contributed by atoms with Crippen molar-refractivity contribution < 1.29 is 19.4 Å². The predicted octanol–water partition coefficient (Wildman–Crippen LogP) is 1.47. The second-order valence-electron chi connectivity index (χ2n) is 3.92. The van der Waals surface area contributed by atoms with Gasteiger partial charge in [0, 0.05) is 0 Å². The summed E-state index contributed by atoms with van der Waals surface area (Å²) in [4.78, 5) is 11.5. The van der Waals surface area contributed by atoms with Gasteiger partial charge in [0.05, 0.1) is 19.8 Å². The molecule has 5 nitrogen and oxygen atoms in total. The summed E-state index contributed by atoms with van der Waals surface area (Å²) in [5.41, 5.74) is 6.47. The number of unbranched alkanes of at least 4 members (excludes halogenated alkanes) is 1. The smallest absolute Gasteiger partial charge is 0.337 e. The molecule has 0 aromatic heterocycles. The van der Waals surface area contributed by atoms with Crippen molar-refractivity contribution in [1.29, 1.82) is 0 Å². The number of aromatic hydroxyl groups is 1. The molecule has 0 spiro atoms. The van der Waals surface area contributed by atoms with Crippen LogP contribution in [0.2, 0.25) is 0 Å². The van der Waals surface area contributed by atoms with E-state index in [1.165, 1.54) is 20.3 Å². The van der Waals surface area contributed by atoms with Gasteiger partial charge in [-0.1, -0.05) is 0 Å². The molecule has 0 aliphatic heterocycles. The average Bonchev–Trinajstić information content (AvgIpc) is 2.40. The van der Waals surface area contributed by atoms with Crippen LogP contribution in [0.4, 0.5) is 0 Å². The quantitative estimate of drug-likeness (QED) is 0.592. The summed E-state index contributed by atoms with van der Waals surface area (Å²) in [5, 5.41) is 9.96. The molecule has 0 heterocycles. The molecule has 0 amide bonds. The number of carbonyl (C=O) groups is 1. The van der Waals surface area contributed by atoms with Crippen molar-refractivity contribution in [1.82, 2.24) is 0 Å². The summed E-state index contributed by atoms with van der Waals surface area (Å²) >= 11 is 0. The van der Waals surface area contributed by atoms with Gasteiger partial charge in [-0.05, 0) is 43.5 Å². The minimum atomic E-state index is -0.451. The number of nitrogens with two attached hydrogens (primary N) is 1. The van der Waals surface area contributed by atoms with E-state index in [9.17, 15) is 9.90 Å². The molecule has 0 aliphatic carbocycles. The number of carbonyl (C=O) groups excluding carboxylic acids is 1. The zero-order chi connectivity index (χ0) is 13.5. The number of ether oxygens (including phenoxy) is 2. The molecule has 18 heavy (non-hydrogen) atoms. The van der Waals surface area contributed by atoms with Gasteiger partial charge in [0.1, 0.15) is 0 Å². The molecule has 0 atom stereocenters. The minimum Gasteiger partial charge on any atom is -0.504 e. The molecule has 0 fully saturated rings. The fraction of sp³-hybridized carbons (Fsp3) is 0.462. The average molecular weight is 253 g/mol. The summed E-state index contributed by atoms with van der Waals surface area (Å²) in [5.74, 6) is -0.101. The Kier molecular flexibility index (Phi) is 5.45. The van der Waals surface area contributed by atoms with E-state index < -0.39 is 5.97 Å². The third-order valence-electron chi connectivity index (χ3n) is 2.70. The third-order valence-corrected chi connectivity index (χ3v) is 2.70. The van der Waals surface area contributed by atoms with Gasteiger partial charge >= 0.3 is 5.97 Å². The van der Waals surface area contributed by atoms with Crippen LogP contribution in [0, 0.1) is 0 Å². The number of rotatable bonds is 6. The van der Waals surface area contributed by atoms with E-state index >= 15 is 0 Å². The summed E-state index contributed by atoms with van der Waals surface area (Å²) in [6.45, 7) is 0.606. The first kappa shape index (κ1) is 14.3. The standard InChI is InChI=1S/C13H19NO4/c1-17-11-8-10(13(16)18-2)7-9(12(11)15)5-3-4-6-14/h7-8,15H,3-6,14H2,1-2H3. The summed E-state index contributed by atoms with van der Waals surface area (Å²) in [7, 11) is 2.76. The van der Waals surface area contributed by atoms with Gasteiger partial charge in [0.15, 0.2) is 11.5 Å². The SMILES string of the molecule is COC(=O)c1cc(CCCCN)c(O)c(OC)c1. The fourth-order valence-corrected chi connectivity index (χ4v) is 1.71. The molecule has 1 rings (SSSR count). The van der Waals surface area contributed by atoms with E-state index in [0.29, 0.717) is 24.1 Å². The topological polar surface area (TPSA) is 81.8 Å². The number of phenols is 1. The van der Waals surface area contributed by atoms with Crippen LogP contribution in [0.25, 0.3) is 0 Å². The number of hydrogen-bond acceptors (Lipinski definition) is 5. The van der Waals surface area contributed by atoms with Crippen molar-refractivity contribution in [3.63, 3.8) is 0 Å². The van der Waals surface area contributed by atoms with Crippen molar-refractivity contribution in [3.05, 3.63) is 23.3 Å². The predicted molar refractivity (Wildman–Crippen MR) is 68.0 cm³/mol. The largest absolute Gasteiger partial charge is 0.504 e. The maximum Gasteiger partial charge on any atom is 0.337 e. The highest BCUT2D eigenvalue weighted by molar-refractivity contribution is 5.90. The summed E-state index contributed by atoms with van der Waals surface area (Å²) in [6, 6.07) is 3.09. The van der Waals surface area contributed by atoms with Gasteiger partial charge in [-0.25, -0.2) is 4.79 Å². The van der Waals surface area contributed by atoms with E-state index in [-0.39, 0.29) is 11.5 Å². The summed E-state index contributed by atoms with van der Waals surface area (Å²) < 4.78 is 9.70. The number of esters is 1. The molecule has 0 saturated carbocycles. The molecule has 5 heteroatoms. The number of methoxy groups -OCH3 is 2. The van der Waals surface area contributed by atoms with Gasteiger partial charge in [0.2, 0.25) is 0 Å². The normalized spacial score (nSPS) is 10.2. The van der Waals surface area contributed by atoms with Gasteiger partial charge in [0.25, 0.3) is 0 Å². The lowest BCUT2D eigenvalue weighted by Crippen LogP contribution is -2.04. The molecule has 0 aliphatic rings. The lowest BCUT2D eigenvalue weighted by Gasteiger charge is -2.11. The molecule has 0 radical (unpaired) electrons. The first-order valence-corrected chi connectivity index (χ1v) is 5.82. The maximum absolute atomic E-state index is 11.5. The van der Waals surface area contributed by atoms with Crippen LogP contribution in [0.3, 0.4) is 0 Å². The Balaban J connectivity index is 3.02. The second kappa shape index (κ2) is 6.86. The van der Waals surface area contributed by atoms with Crippen molar-refractivity contribution >= 4 is 5.97 Å². The summed E-state index contributed by atoms with van der Waals surface area (Å²) in [6.07, 6.45) is 2.35.